The fraction of sp³-hybridized carbons (Fsp3) is 0.235. The highest BCUT2D eigenvalue weighted by atomic mass is 16.1. The molecule has 104 valence electrons. The van der Waals surface area contributed by atoms with E-state index in [1.807, 2.05) is 68.4 Å². The molecule has 3 N–H and O–H groups in total. The molecule has 2 aromatic carbocycles. The zero-order valence-electron chi connectivity index (χ0n) is 11.9. The lowest BCUT2D eigenvalue weighted by molar-refractivity contribution is -0.122. The second kappa shape index (κ2) is 5.78. The number of hydrogen-bond acceptors (Lipinski definition) is 2. The van der Waals surface area contributed by atoms with Gasteiger partial charge in [0.05, 0.1) is 0 Å². The molecule has 1 atom stereocenters. The lowest BCUT2D eigenvalue weighted by Gasteiger charge is -2.32. The summed E-state index contributed by atoms with van der Waals surface area (Å²) in [4.78, 5) is 12.1. The minimum atomic E-state index is -0.878. The van der Waals surface area contributed by atoms with Crippen LogP contribution in [0.1, 0.15) is 24.5 Å². The molecule has 20 heavy (non-hydrogen) atoms. The summed E-state index contributed by atoms with van der Waals surface area (Å²) >= 11 is 0. The lowest BCUT2D eigenvalue weighted by Crippen LogP contribution is -2.47. The molecular weight excluding hydrogens is 248 g/mol. The van der Waals surface area contributed by atoms with Gasteiger partial charge in [-0.15, -0.1) is 0 Å². The van der Waals surface area contributed by atoms with Crippen molar-refractivity contribution in [3.8, 4) is 0 Å². The van der Waals surface area contributed by atoms with Crippen LogP contribution in [0.4, 0.5) is 5.69 Å². The van der Waals surface area contributed by atoms with E-state index in [0.717, 1.165) is 11.3 Å². The summed E-state index contributed by atoms with van der Waals surface area (Å²) < 4.78 is 0. The summed E-state index contributed by atoms with van der Waals surface area (Å²) in [6, 6.07) is 17.6. The first-order valence-corrected chi connectivity index (χ1v) is 6.79. The summed E-state index contributed by atoms with van der Waals surface area (Å²) in [5.74, 6) is -0.369. The van der Waals surface area contributed by atoms with Crippen molar-refractivity contribution in [1.82, 2.24) is 0 Å². The van der Waals surface area contributed by atoms with E-state index < -0.39 is 5.54 Å². The number of nitrogens with two attached hydrogens (primary N) is 1. The van der Waals surface area contributed by atoms with Crippen LogP contribution >= 0.6 is 0 Å². The van der Waals surface area contributed by atoms with E-state index in [2.05, 4.69) is 5.32 Å². The van der Waals surface area contributed by atoms with Crippen LogP contribution in [0.15, 0.2) is 54.6 Å². The first-order valence-electron chi connectivity index (χ1n) is 6.79. The van der Waals surface area contributed by atoms with E-state index in [1.165, 1.54) is 5.56 Å². The molecule has 1 amide bonds. The van der Waals surface area contributed by atoms with Crippen LogP contribution in [0.3, 0.4) is 0 Å². The van der Waals surface area contributed by atoms with Gasteiger partial charge in [0.2, 0.25) is 5.91 Å². The molecule has 0 fully saturated rings. The Morgan fingerprint density at radius 1 is 1.10 bits per heavy atom. The number of anilines is 1. The monoisotopic (exact) mass is 268 g/mol. The third kappa shape index (κ3) is 2.67. The van der Waals surface area contributed by atoms with Crippen LogP contribution in [0, 0.1) is 6.92 Å². The number of aryl methyl sites for hydroxylation is 1. The molecule has 0 aliphatic rings. The number of hydrogen-bond donors (Lipinski definition) is 2. The average molecular weight is 268 g/mol. The lowest BCUT2D eigenvalue weighted by atomic mass is 9.86. The Labute approximate surface area is 119 Å². The van der Waals surface area contributed by atoms with Gasteiger partial charge in [-0.1, -0.05) is 55.0 Å². The smallest absolute Gasteiger partial charge is 0.247 e. The van der Waals surface area contributed by atoms with Crippen LogP contribution in [0.2, 0.25) is 0 Å². The Morgan fingerprint density at radius 2 is 1.70 bits per heavy atom. The Morgan fingerprint density at radius 3 is 2.20 bits per heavy atom. The Balaban J connectivity index is 2.42. The Bertz CT molecular complexity index is 578. The predicted molar refractivity (Wildman–Crippen MR) is 82.4 cm³/mol. The van der Waals surface area contributed by atoms with Crippen molar-refractivity contribution in [2.75, 3.05) is 5.32 Å². The number of nitrogens with one attached hydrogen (secondary N) is 1. The highest BCUT2D eigenvalue weighted by Gasteiger charge is 2.36. The van der Waals surface area contributed by atoms with Gasteiger partial charge in [-0.25, -0.2) is 0 Å². The van der Waals surface area contributed by atoms with Crippen molar-refractivity contribution in [1.29, 1.82) is 0 Å². The summed E-state index contributed by atoms with van der Waals surface area (Å²) in [7, 11) is 0. The minimum absolute atomic E-state index is 0.369. The van der Waals surface area contributed by atoms with Crippen molar-refractivity contribution >= 4 is 11.6 Å². The van der Waals surface area contributed by atoms with E-state index in [-0.39, 0.29) is 5.91 Å². The largest absolute Gasteiger partial charge is 0.368 e. The maximum Gasteiger partial charge on any atom is 0.247 e. The van der Waals surface area contributed by atoms with Crippen LogP contribution in [-0.2, 0) is 10.3 Å². The topological polar surface area (TPSA) is 55.1 Å². The summed E-state index contributed by atoms with van der Waals surface area (Å²) in [6.45, 7) is 3.99. The van der Waals surface area contributed by atoms with Gasteiger partial charge in [-0.05, 0) is 31.0 Å². The Hall–Kier alpha value is -2.29. The number of primary amides is 1. The van der Waals surface area contributed by atoms with Gasteiger partial charge in [-0.3, -0.25) is 4.79 Å². The number of benzene rings is 2. The van der Waals surface area contributed by atoms with Gasteiger partial charge in [-0.2, -0.15) is 0 Å². The summed E-state index contributed by atoms with van der Waals surface area (Å²) in [5.41, 5.74) is 7.76. The summed E-state index contributed by atoms with van der Waals surface area (Å²) in [5, 5.41) is 3.31. The van der Waals surface area contributed by atoms with E-state index in [4.69, 9.17) is 5.73 Å². The molecule has 0 aromatic heterocycles. The van der Waals surface area contributed by atoms with Crippen LogP contribution in [0.25, 0.3) is 0 Å². The van der Waals surface area contributed by atoms with Gasteiger partial charge >= 0.3 is 0 Å². The highest BCUT2D eigenvalue weighted by Crippen LogP contribution is 2.29. The molecule has 0 heterocycles. The third-order valence-corrected chi connectivity index (χ3v) is 3.63. The molecule has 3 heteroatoms. The molecule has 2 aromatic rings. The van der Waals surface area contributed by atoms with E-state index in [1.54, 1.807) is 0 Å². The standard InChI is InChI=1S/C17H20N2O/c1-3-17(16(18)20,14-7-5-4-6-8-14)19-15-11-9-13(2)10-12-15/h4-12,19H,3H2,1-2H3,(H2,18,20). The molecule has 2 rings (SSSR count). The highest BCUT2D eigenvalue weighted by molar-refractivity contribution is 5.89. The SMILES string of the molecule is CCC(Nc1ccc(C)cc1)(C(N)=O)c1ccccc1. The fourth-order valence-corrected chi connectivity index (χ4v) is 2.35. The number of amides is 1. The number of carbonyl (C=O) groups excluding carboxylic acids is 1. The molecule has 0 bridgehead atoms. The molecule has 0 aliphatic carbocycles. The second-order valence-electron chi connectivity index (χ2n) is 4.98. The molecule has 0 aliphatic heterocycles. The second-order valence-corrected chi connectivity index (χ2v) is 4.98. The number of rotatable bonds is 5. The quantitative estimate of drug-likeness (QED) is 0.875. The first-order chi connectivity index (χ1) is 9.58. The average Bonchev–Trinajstić information content (AvgIpc) is 2.47. The zero-order valence-corrected chi connectivity index (χ0v) is 11.9. The van der Waals surface area contributed by atoms with Crippen LogP contribution in [0.5, 0.6) is 0 Å². The van der Waals surface area contributed by atoms with E-state index in [0.29, 0.717) is 6.42 Å². The molecule has 0 saturated carbocycles. The normalized spacial score (nSPS) is 13.5. The van der Waals surface area contributed by atoms with Gasteiger partial charge in [0.25, 0.3) is 0 Å². The van der Waals surface area contributed by atoms with Crippen molar-refractivity contribution in [2.24, 2.45) is 5.73 Å². The molecule has 1 unspecified atom stereocenters. The van der Waals surface area contributed by atoms with Gasteiger partial charge in [0.15, 0.2) is 0 Å². The third-order valence-electron chi connectivity index (χ3n) is 3.63. The van der Waals surface area contributed by atoms with E-state index >= 15 is 0 Å². The van der Waals surface area contributed by atoms with Crippen LogP contribution in [-0.4, -0.2) is 5.91 Å². The molecule has 0 radical (unpaired) electrons. The van der Waals surface area contributed by atoms with Crippen molar-refractivity contribution in [3.63, 3.8) is 0 Å². The zero-order chi connectivity index (χ0) is 14.6. The molecule has 3 nitrogen and oxygen atoms in total. The maximum absolute atomic E-state index is 12.1. The maximum atomic E-state index is 12.1. The molecular formula is C17H20N2O. The Kier molecular flexibility index (Phi) is 4.08. The van der Waals surface area contributed by atoms with Gasteiger partial charge < -0.3 is 11.1 Å². The van der Waals surface area contributed by atoms with Crippen LogP contribution < -0.4 is 11.1 Å². The summed E-state index contributed by atoms with van der Waals surface area (Å²) in [6.07, 6.45) is 0.584. The first kappa shape index (κ1) is 14.1. The van der Waals surface area contributed by atoms with Crippen molar-refractivity contribution in [3.05, 3.63) is 65.7 Å². The number of carbonyl (C=O) groups is 1. The van der Waals surface area contributed by atoms with Crippen molar-refractivity contribution in [2.45, 2.75) is 25.8 Å². The van der Waals surface area contributed by atoms with Crippen molar-refractivity contribution < 1.29 is 4.79 Å². The molecule has 0 spiro atoms. The van der Waals surface area contributed by atoms with Gasteiger partial charge in [0, 0.05) is 5.69 Å². The predicted octanol–water partition coefficient (Wildman–Crippen LogP) is 3.20. The van der Waals surface area contributed by atoms with Gasteiger partial charge in [0.1, 0.15) is 5.54 Å². The van der Waals surface area contributed by atoms with E-state index in [9.17, 15) is 4.79 Å². The molecule has 0 saturated heterocycles. The minimum Gasteiger partial charge on any atom is -0.368 e. The fourth-order valence-electron chi connectivity index (χ4n) is 2.35.